The SMILES string of the molecule is CC1CC(C)CC(NCc2ccc3c(c2)OCO3)C1. The second kappa shape index (κ2) is 5.41. The van der Waals surface area contributed by atoms with Crippen molar-refractivity contribution in [1.82, 2.24) is 5.32 Å². The zero-order valence-corrected chi connectivity index (χ0v) is 11.8. The molecule has 1 aliphatic carbocycles. The summed E-state index contributed by atoms with van der Waals surface area (Å²) in [4.78, 5) is 0. The van der Waals surface area contributed by atoms with E-state index in [1.807, 2.05) is 6.07 Å². The van der Waals surface area contributed by atoms with Crippen molar-refractivity contribution in [2.24, 2.45) is 11.8 Å². The normalized spacial score (nSPS) is 29.5. The first-order valence-corrected chi connectivity index (χ1v) is 7.32. The third-order valence-electron chi connectivity index (χ3n) is 4.21. The topological polar surface area (TPSA) is 30.5 Å². The van der Waals surface area contributed by atoms with Crippen LogP contribution in [0.25, 0.3) is 0 Å². The zero-order valence-electron chi connectivity index (χ0n) is 11.8. The highest BCUT2D eigenvalue weighted by Crippen LogP contribution is 2.33. The molecule has 3 nitrogen and oxygen atoms in total. The van der Waals surface area contributed by atoms with E-state index in [0.29, 0.717) is 12.8 Å². The fourth-order valence-corrected chi connectivity index (χ4v) is 3.43. The molecule has 1 aromatic carbocycles. The van der Waals surface area contributed by atoms with Gasteiger partial charge in [-0.3, -0.25) is 0 Å². The minimum atomic E-state index is 0.351. The van der Waals surface area contributed by atoms with Gasteiger partial charge in [0.05, 0.1) is 0 Å². The van der Waals surface area contributed by atoms with Gasteiger partial charge in [0.1, 0.15) is 0 Å². The molecule has 0 spiro atoms. The predicted molar refractivity (Wildman–Crippen MR) is 75.4 cm³/mol. The molecular formula is C16H23NO2. The third kappa shape index (κ3) is 3.03. The molecule has 1 fully saturated rings. The average Bonchev–Trinajstić information content (AvgIpc) is 2.82. The number of rotatable bonds is 3. The molecule has 1 saturated carbocycles. The fraction of sp³-hybridized carbons (Fsp3) is 0.625. The minimum Gasteiger partial charge on any atom is -0.454 e. The second-order valence-electron chi connectivity index (χ2n) is 6.18. The van der Waals surface area contributed by atoms with Gasteiger partial charge in [-0.2, -0.15) is 0 Å². The van der Waals surface area contributed by atoms with E-state index >= 15 is 0 Å². The maximum absolute atomic E-state index is 5.42. The van der Waals surface area contributed by atoms with E-state index in [-0.39, 0.29) is 0 Å². The van der Waals surface area contributed by atoms with Crippen LogP contribution in [0.5, 0.6) is 11.5 Å². The summed E-state index contributed by atoms with van der Waals surface area (Å²) in [6.45, 7) is 6.00. The summed E-state index contributed by atoms with van der Waals surface area (Å²) < 4.78 is 10.7. The standard InChI is InChI=1S/C16H23NO2/c1-11-5-12(2)7-14(6-11)17-9-13-3-4-15-16(8-13)19-10-18-15/h3-4,8,11-12,14,17H,5-7,9-10H2,1-2H3. The van der Waals surface area contributed by atoms with Crippen molar-refractivity contribution < 1.29 is 9.47 Å². The summed E-state index contributed by atoms with van der Waals surface area (Å²) in [7, 11) is 0. The average molecular weight is 261 g/mol. The first-order valence-electron chi connectivity index (χ1n) is 7.32. The molecule has 0 amide bonds. The summed E-state index contributed by atoms with van der Waals surface area (Å²) in [5, 5.41) is 3.69. The van der Waals surface area contributed by atoms with Gasteiger partial charge in [-0.15, -0.1) is 0 Å². The van der Waals surface area contributed by atoms with Crippen LogP contribution in [0.1, 0.15) is 38.7 Å². The van der Waals surface area contributed by atoms with Crippen LogP contribution in [0.2, 0.25) is 0 Å². The number of fused-ring (bicyclic) bond motifs is 1. The van der Waals surface area contributed by atoms with Crippen molar-refractivity contribution in [2.75, 3.05) is 6.79 Å². The molecule has 0 radical (unpaired) electrons. The molecule has 0 saturated heterocycles. The molecular weight excluding hydrogens is 238 g/mol. The van der Waals surface area contributed by atoms with Crippen LogP contribution in [0.4, 0.5) is 0 Å². The quantitative estimate of drug-likeness (QED) is 0.905. The van der Waals surface area contributed by atoms with E-state index in [2.05, 4.69) is 31.3 Å². The Morgan fingerprint density at radius 2 is 1.79 bits per heavy atom. The Kier molecular flexibility index (Phi) is 3.65. The van der Waals surface area contributed by atoms with Gasteiger partial charge in [0, 0.05) is 12.6 Å². The molecule has 1 aliphatic heterocycles. The van der Waals surface area contributed by atoms with E-state index in [4.69, 9.17) is 9.47 Å². The van der Waals surface area contributed by atoms with Gasteiger partial charge in [-0.05, 0) is 48.8 Å². The maximum Gasteiger partial charge on any atom is 0.231 e. The minimum absolute atomic E-state index is 0.351. The molecule has 1 heterocycles. The summed E-state index contributed by atoms with van der Waals surface area (Å²) in [5.74, 6) is 3.43. The number of hydrogen-bond donors (Lipinski definition) is 1. The Labute approximate surface area is 115 Å². The van der Waals surface area contributed by atoms with Gasteiger partial charge >= 0.3 is 0 Å². The van der Waals surface area contributed by atoms with Crippen molar-refractivity contribution in [1.29, 1.82) is 0 Å². The lowest BCUT2D eigenvalue weighted by Gasteiger charge is -2.32. The zero-order chi connectivity index (χ0) is 13.2. The molecule has 1 aromatic rings. The largest absolute Gasteiger partial charge is 0.454 e. The smallest absolute Gasteiger partial charge is 0.231 e. The molecule has 19 heavy (non-hydrogen) atoms. The molecule has 0 aromatic heterocycles. The van der Waals surface area contributed by atoms with Crippen molar-refractivity contribution in [3.63, 3.8) is 0 Å². The van der Waals surface area contributed by atoms with Crippen LogP contribution in [0.3, 0.4) is 0 Å². The molecule has 0 bridgehead atoms. The first-order chi connectivity index (χ1) is 9.20. The highest BCUT2D eigenvalue weighted by atomic mass is 16.7. The first kappa shape index (κ1) is 12.8. The third-order valence-corrected chi connectivity index (χ3v) is 4.21. The van der Waals surface area contributed by atoms with Crippen molar-refractivity contribution in [3.05, 3.63) is 23.8 Å². The molecule has 2 unspecified atom stereocenters. The monoisotopic (exact) mass is 261 g/mol. The maximum atomic E-state index is 5.42. The van der Waals surface area contributed by atoms with Crippen molar-refractivity contribution in [2.45, 2.75) is 45.7 Å². The van der Waals surface area contributed by atoms with Crippen molar-refractivity contribution in [3.8, 4) is 11.5 Å². The van der Waals surface area contributed by atoms with Gasteiger partial charge in [0.2, 0.25) is 6.79 Å². The fourth-order valence-electron chi connectivity index (χ4n) is 3.43. The van der Waals surface area contributed by atoms with Crippen LogP contribution in [0.15, 0.2) is 18.2 Å². The summed E-state index contributed by atoms with van der Waals surface area (Å²) in [5.41, 5.74) is 1.27. The van der Waals surface area contributed by atoms with E-state index in [1.54, 1.807) is 0 Å². The molecule has 2 aliphatic rings. The Hall–Kier alpha value is -1.22. The van der Waals surface area contributed by atoms with Crippen LogP contribution >= 0.6 is 0 Å². The summed E-state index contributed by atoms with van der Waals surface area (Å²) >= 11 is 0. The Morgan fingerprint density at radius 1 is 1.05 bits per heavy atom. The van der Waals surface area contributed by atoms with Crippen molar-refractivity contribution >= 4 is 0 Å². The van der Waals surface area contributed by atoms with Gasteiger partial charge in [-0.1, -0.05) is 19.9 Å². The lowest BCUT2D eigenvalue weighted by Crippen LogP contribution is -2.35. The summed E-state index contributed by atoms with van der Waals surface area (Å²) in [6, 6.07) is 6.87. The van der Waals surface area contributed by atoms with Crippen LogP contribution in [-0.2, 0) is 6.54 Å². The van der Waals surface area contributed by atoms with Gasteiger partial charge in [0.25, 0.3) is 0 Å². The van der Waals surface area contributed by atoms with Gasteiger partial charge in [0.15, 0.2) is 11.5 Å². The van der Waals surface area contributed by atoms with Gasteiger partial charge < -0.3 is 14.8 Å². The Morgan fingerprint density at radius 3 is 2.58 bits per heavy atom. The van der Waals surface area contributed by atoms with Crippen LogP contribution in [0, 0.1) is 11.8 Å². The van der Waals surface area contributed by atoms with E-state index < -0.39 is 0 Å². The van der Waals surface area contributed by atoms with E-state index in [1.165, 1.54) is 24.8 Å². The molecule has 104 valence electrons. The Bertz CT molecular complexity index is 436. The van der Waals surface area contributed by atoms with E-state index in [9.17, 15) is 0 Å². The molecule has 3 rings (SSSR count). The predicted octanol–water partition coefficient (Wildman–Crippen LogP) is 3.33. The number of ether oxygens (including phenoxy) is 2. The number of benzene rings is 1. The number of nitrogens with one attached hydrogen (secondary N) is 1. The van der Waals surface area contributed by atoms with Crippen LogP contribution < -0.4 is 14.8 Å². The Balaban J connectivity index is 1.57. The number of hydrogen-bond acceptors (Lipinski definition) is 3. The molecule has 3 heteroatoms. The lowest BCUT2D eigenvalue weighted by atomic mass is 9.80. The van der Waals surface area contributed by atoms with E-state index in [0.717, 1.165) is 29.9 Å². The highest BCUT2D eigenvalue weighted by molar-refractivity contribution is 5.44. The highest BCUT2D eigenvalue weighted by Gasteiger charge is 2.23. The molecule has 1 N–H and O–H groups in total. The molecule has 2 atom stereocenters. The van der Waals surface area contributed by atoms with Gasteiger partial charge in [-0.25, -0.2) is 0 Å². The summed E-state index contributed by atoms with van der Waals surface area (Å²) in [6.07, 6.45) is 3.98. The van der Waals surface area contributed by atoms with Crippen LogP contribution in [-0.4, -0.2) is 12.8 Å². The lowest BCUT2D eigenvalue weighted by molar-refractivity contribution is 0.174. The second-order valence-corrected chi connectivity index (χ2v) is 6.18.